The van der Waals surface area contributed by atoms with Crippen molar-refractivity contribution >= 4 is 50.7 Å². The van der Waals surface area contributed by atoms with Crippen molar-refractivity contribution < 1.29 is 18.0 Å². The van der Waals surface area contributed by atoms with Gasteiger partial charge in [0.05, 0.1) is 11.9 Å². The summed E-state index contributed by atoms with van der Waals surface area (Å²) in [5, 5.41) is 3.71. The van der Waals surface area contributed by atoms with Gasteiger partial charge in [-0.1, -0.05) is 48.3 Å². The number of sulfonamides is 1. The number of hydrogen-bond donors (Lipinski definition) is 1. The Morgan fingerprint density at radius 3 is 2.19 bits per heavy atom. The molecule has 2 aromatic rings. The fraction of sp³-hybridized carbons (Fsp3) is 0.462. The zero-order valence-corrected chi connectivity index (χ0v) is 23.8. The maximum atomic E-state index is 13.3. The van der Waals surface area contributed by atoms with Gasteiger partial charge >= 0.3 is 0 Å². The van der Waals surface area contributed by atoms with Crippen molar-refractivity contribution in [3.8, 4) is 0 Å². The van der Waals surface area contributed by atoms with Crippen LogP contribution in [-0.2, 0) is 32.6 Å². The molecule has 7 nitrogen and oxygen atoms in total. The molecule has 0 heterocycles. The van der Waals surface area contributed by atoms with E-state index in [2.05, 4.69) is 5.32 Å². The SMILES string of the molecule is CCc1ccc(N(CCCC(=O)N(Cc2ccc(Cl)cc2Cl)[C@H](C)C(=O)NC(C)C)S(C)(=O)=O)cc1. The first-order chi connectivity index (χ1) is 16.8. The molecule has 1 N–H and O–H groups in total. The van der Waals surface area contributed by atoms with E-state index < -0.39 is 16.1 Å². The monoisotopic (exact) mass is 555 g/mol. The van der Waals surface area contributed by atoms with Crippen LogP contribution in [0.4, 0.5) is 5.69 Å². The number of nitrogens with one attached hydrogen (secondary N) is 1. The quantitative estimate of drug-likeness (QED) is 0.397. The number of nitrogens with zero attached hydrogens (tertiary/aromatic N) is 2. The van der Waals surface area contributed by atoms with Crippen molar-refractivity contribution in [2.75, 3.05) is 17.1 Å². The van der Waals surface area contributed by atoms with Crippen molar-refractivity contribution in [2.24, 2.45) is 0 Å². The molecular formula is C26H35Cl2N3O4S. The van der Waals surface area contributed by atoms with Crippen molar-refractivity contribution in [3.05, 3.63) is 63.6 Å². The van der Waals surface area contributed by atoms with Gasteiger partial charge in [-0.25, -0.2) is 8.42 Å². The molecule has 0 radical (unpaired) electrons. The van der Waals surface area contributed by atoms with Gasteiger partial charge in [-0.15, -0.1) is 0 Å². The predicted octanol–water partition coefficient (Wildman–Crippen LogP) is 5.04. The van der Waals surface area contributed by atoms with E-state index in [1.165, 1.54) is 9.21 Å². The van der Waals surface area contributed by atoms with E-state index in [9.17, 15) is 18.0 Å². The molecule has 2 amide bonds. The van der Waals surface area contributed by atoms with E-state index in [1.807, 2.05) is 32.9 Å². The summed E-state index contributed by atoms with van der Waals surface area (Å²) in [5.41, 5.74) is 2.32. The van der Waals surface area contributed by atoms with E-state index in [0.717, 1.165) is 18.2 Å². The second-order valence-corrected chi connectivity index (χ2v) is 11.8. The minimum absolute atomic E-state index is 0.0591. The average Bonchev–Trinajstić information content (AvgIpc) is 2.79. The number of aryl methyl sites for hydroxylation is 1. The van der Waals surface area contributed by atoms with Crippen LogP contribution >= 0.6 is 23.2 Å². The summed E-state index contributed by atoms with van der Waals surface area (Å²) < 4.78 is 26.2. The third-order valence-corrected chi connectivity index (χ3v) is 7.52. The van der Waals surface area contributed by atoms with Gasteiger partial charge in [0, 0.05) is 35.6 Å². The molecule has 36 heavy (non-hydrogen) atoms. The van der Waals surface area contributed by atoms with Crippen LogP contribution in [0.5, 0.6) is 0 Å². The Kier molecular flexibility index (Phi) is 11.1. The molecule has 0 aliphatic carbocycles. The Bertz CT molecular complexity index is 1150. The molecule has 2 rings (SSSR count). The van der Waals surface area contributed by atoms with Gasteiger partial charge in [0.1, 0.15) is 6.04 Å². The highest BCUT2D eigenvalue weighted by atomic mass is 35.5. The maximum absolute atomic E-state index is 13.3. The molecule has 10 heteroatoms. The zero-order chi connectivity index (χ0) is 27.0. The lowest BCUT2D eigenvalue weighted by Crippen LogP contribution is -2.49. The molecule has 0 saturated heterocycles. The Morgan fingerprint density at radius 1 is 1.03 bits per heavy atom. The van der Waals surface area contributed by atoms with Crippen LogP contribution in [-0.4, -0.2) is 50.0 Å². The van der Waals surface area contributed by atoms with Crippen LogP contribution in [0.1, 0.15) is 51.7 Å². The van der Waals surface area contributed by atoms with Crippen LogP contribution in [0.2, 0.25) is 10.0 Å². The molecule has 0 bridgehead atoms. The first-order valence-corrected chi connectivity index (χ1v) is 14.5. The molecule has 1 atom stereocenters. The van der Waals surface area contributed by atoms with Crippen LogP contribution in [0.25, 0.3) is 0 Å². The second kappa shape index (κ2) is 13.3. The molecule has 198 valence electrons. The van der Waals surface area contributed by atoms with Crippen LogP contribution in [0.15, 0.2) is 42.5 Å². The average molecular weight is 557 g/mol. The minimum atomic E-state index is -3.54. The van der Waals surface area contributed by atoms with Gasteiger partial charge < -0.3 is 10.2 Å². The van der Waals surface area contributed by atoms with Gasteiger partial charge in [0.15, 0.2) is 0 Å². The van der Waals surface area contributed by atoms with E-state index in [1.54, 1.807) is 37.3 Å². The fourth-order valence-electron chi connectivity index (χ4n) is 3.72. The van der Waals surface area contributed by atoms with Gasteiger partial charge in [-0.2, -0.15) is 0 Å². The molecule has 0 aliphatic rings. The van der Waals surface area contributed by atoms with E-state index in [4.69, 9.17) is 23.2 Å². The molecule has 0 fully saturated rings. The molecule has 0 spiro atoms. The van der Waals surface area contributed by atoms with Crippen LogP contribution in [0, 0.1) is 0 Å². The first kappa shape index (κ1) is 29.9. The van der Waals surface area contributed by atoms with Gasteiger partial charge in [0.25, 0.3) is 0 Å². The molecule has 2 aromatic carbocycles. The number of carbonyl (C=O) groups is 2. The molecule has 0 aliphatic heterocycles. The zero-order valence-electron chi connectivity index (χ0n) is 21.4. The van der Waals surface area contributed by atoms with Crippen LogP contribution < -0.4 is 9.62 Å². The van der Waals surface area contributed by atoms with Crippen LogP contribution in [0.3, 0.4) is 0 Å². The maximum Gasteiger partial charge on any atom is 0.242 e. The second-order valence-electron chi connectivity index (χ2n) is 9.06. The number of hydrogen-bond acceptors (Lipinski definition) is 4. The first-order valence-electron chi connectivity index (χ1n) is 11.9. The highest BCUT2D eigenvalue weighted by Crippen LogP contribution is 2.24. The highest BCUT2D eigenvalue weighted by Gasteiger charge is 2.27. The number of carbonyl (C=O) groups excluding carboxylic acids is 2. The minimum Gasteiger partial charge on any atom is -0.352 e. The summed E-state index contributed by atoms with van der Waals surface area (Å²) in [6, 6.07) is 11.5. The third kappa shape index (κ3) is 8.68. The Morgan fingerprint density at radius 2 is 1.67 bits per heavy atom. The number of amides is 2. The van der Waals surface area contributed by atoms with Gasteiger partial charge in [-0.05, 0) is 69.0 Å². The normalized spacial score (nSPS) is 12.3. The molecule has 0 aromatic heterocycles. The molecule has 0 saturated carbocycles. The van der Waals surface area contributed by atoms with Crippen molar-refractivity contribution in [1.82, 2.24) is 10.2 Å². The van der Waals surface area contributed by atoms with E-state index in [0.29, 0.717) is 21.3 Å². The summed E-state index contributed by atoms with van der Waals surface area (Å²) in [7, 11) is -3.54. The lowest BCUT2D eigenvalue weighted by Gasteiger charge is -2.30. The third-order valence-electron chi connectivity index (χ3n) is 5.74. The lowest BCUT2D eigenvalue weighted by atomic mass is 10.1. The highest BCUT2D eigenvalue weighted by molar-refractivity contribution is 7.92. The van der Waals surface area contributed by atoms with Gasteiger partial charge in [0.2, 0.25) is 21.8 Å². The summed E-state index contributed by atoms with van der Waals surface area (Å²) in [5.74, 6) is -0.556. The van der Waals surface area contributed by atoms with E-state index in [-0.39, 0.29) is 43.8 Å². The van der Waals surface area contributed by atoms with Crippen molar-refractivity contribution in [2.45, 2.75) is 65.6 Å². The smallest absolute Gasteiger partial charge is 0.242 e. The van der Waals surface area contributed by atoms with Gasteiger partial charge in [-0.3, -0.25) is 13.9 Å². The summed E-state index contributed by atoms with van der Waals surface area (Å²) in [4.78, 5) is 27.5. The molecular weight excluding hydrogens is 521 g/mol. The Labute approximate surface area is 224 Å². The summed E-state index contributed by atoms with van der Waals surface area (Å²) >= 11 is 12.3. The Balaban J connectivity index is 2.20. The number of halogens is 2. The number of anilines is 1. The predicted molar refractivity (Wildman–Crippen MR) is 147 cm³/mol. The number of benzene rings is 2. The lowest BCUT2D eigenvalue weighted by molar-refractivity contribution is -0.140. The fourth-order valence-corrected chi connectivity index (χ4v) is 5.16. The van der Waals surface area contributed by atoms with Crippen molar-refractivity contribution in [3.63, 3.8) is 0 Å². The largest absolute Gasteiger partial charge is 0.352 e. The summed E-state index contributed by atoms with van der Waals surface area (Å²) in [6.07, 6.45) is 2.34. The topological polar surface area (TPSA) is 86.8 Å². The van der Waals surface area contributed by atoms with Crippen molar-refractivity contribution in [1.29, 1.82) is 0 Å². The Hall–Kier alpha value is -2.29. The molecule has 0 unspecified atom stereocenters. The van der Waals surface area contributed by atoms with E-state index >= 15 is 0 Å². The standard InChI is InChI=1S/C26H35Cl2N3O4S/c1-6-20-9-13-23(14-10-20)31(36(5,34)35)15-7-8-25(32)30(19(4)26(33)29-18(2)3)17-21-11-12-22(27)16-24(21)28/h9-14,16,18-19H,6-8,15,17H2,1-5H3,(H,29,33)/t19-/m1/s1. The summed E-state index contributed by atoms with van der Waals surface area (Å²) in [6.45, 7) is 7.64. The number of rotatable bonds is 12.